The van der Waals surface area contributed by atoms with Crippen molar-refractivity contribution >= 4 is 6.29 Å². The predicted molar refractivity (Wildman–Crippen MR) is 64.7 cm³/mol. The lowest BCUT2D eigenvalue weighted by Crippen LogP contribution is -2.23. The molecule has 0 aromatic carbocycles. The molecule has 0 bridgehead atoms. The predicted octanol–water partition coefficient (Wildman–Crippen LogP) is 4.06. The van der Waals surface area contributed by atoms with E-state index in [1.165, 1.54) is 25.7 Å². The van der Waals surface area contributed by atoms with Crippen LogP contribution in [-0.2, 0) is 4.79 Å². The van der Waals surface area contributed by atoms with Crippen LogP contribution in [0.1, 0.15) is 59.3 Å². The van der Waals surface area contributed by atoms with Gasteiger partial charge in [-0.1, -0.05) is 27.2 Å². The summed E-state index contributed by atoms with van der Waals surface area (Å²) in [4.78, 5) is 10.4. The molecular formula is C14H26O. The molecule has 1 fully saturated rings. The van der Waals surface area contributed by atoms with Crippen LogP contribution in [0.15, 0.2) is 0 Å². The highest BCUT2D eigenvalue weighted by Gasteiger charge is 2.27. The first-order valence-corrected chi connectivity index (χ1v) is 6.57. The van der Waals surface area contributed by atoms with E-state index in [1.807, 2.05) is 0 Å². The molecule has 0 aliphatic heterocycles. The summed E-state index contributed by atoms with van der Waals surface area (Å²) in [5.41, 5.74) is 0. The first kappa shape index (κ1) is 12.7. The maximum atomic E-state index is 10.4. The average Bonchev–Trinajstić information content (AvgIpc) is 2.15. The van der Waals surface area contributed by atoms with E-state index in [0.717, 1.165) is 42.8 Å². The highest BCUT2D eigenvalue weighted by Crippen LogP contribution is 2.38. The molecule has 0 aromatic heterocycles. The van der Waals surface area contributed by atoms with Crippen molar-refractivity contribution in [2.24, 2.45) is 23.7 Å². The van der Waals surface area contributed by atoms with Gasteiger partial charge in [-0.05, 0) is 49.4 Å². The number of rotatable bonds is 5. The van der Waals surface area contributed by atoms with Gasteiger partial charge < -0.3 is 4.79 Å². The first-order chi connectivity index (χ1) is 7.13. The summed E-state index contributed by atoms with van der Waals surface area (Å²) >= 11 is 0. The van der Waals surface area contributed by atoms with Crippen molar-refractivity contribution in [2.45, 2.75) is 59.3 Å². The van der Waals surface area contributed by atoms with E-state index in [9.17, 15) is 4.79 Å². The fraction of sp³-hybridized carbons (Fsp3) is 0.929. The maximum absolute atomic E-state index is 10.4. The molecule has 0 aromatic rings. The van der Waals surface area contributed by atoms with Crippen molar-refractivity contribution in [3.63, 3.8) is 0 Å². The summed E-state index contributed by atoms with van der Waals surface area (Å²) in [6, 6.07) is 0. The quantitative estimate of drug-likeness (QED) is 0.625. The van der Waals surface area contributed by atoms with Crippen LogP contribution >= 0.6 is 0 Å². The summed E-state index contributed by atoms with van der Waals surface area (Å²) in [6.07, 6.45) is 8.50. The third-order valence-corrected chi connectivity index (χ3v) is 3.92. The number of hydrogen-bond acceptors (Lipinski definition) is 1. The molecule has 0 heterocycles. The number of carbonyl (C=O) groups is 1. The third kappa shape index (κ3) is 4.36. The molecule has 88 valence electrons. The van der Waals surface area contributed by atoms with E-state index in [0.29, 0.717) is 0 Å². The second-order valence-corrected chi connectivity index (χ2v) is 5.79. The Balaban J connectivity index is 2.30. The van der Waals surface area contributed by atoms with Crippen molar-refractivity contribution in [1.82, 2.24) is 0 Å². The van der Waals surface area contributed by atoms with Gasteiger partial charge in [0.25, 0.3) is 0 Å². The van der Waals surface area contributed by atoms with Crippen molar-refractivity contribution < 1.29 is 4.79 Å². The van der Waals surface area contributed by atoms with Crippen LogP contribution in [0.2, 0.25) is 0 Å². The zero-order valence-electron chi connectivity index (χ0n) is 10.5. The van der Waals surface area contributed by atoms with Crippen LogP contribution in [0.3, 0.4) is 0 Å². The zero-order valence-corrected chi connectivity index (χ0v) is 10.5. The lowest BCUT2D eigenvalue weighted by atomic mass is 9.71. The highest BCUT2D eigenvalue weighted by atomic mass is 16.1. The van der Waals surface area contributed by atoms with Crippen LogP contribution in [0.5, 0.6) is 0 Å². The van der Waals surface area contributed by atoms with Gasteiger partial charge in [0.15, 0.2) is 0 Å². The SMILES string of the molecule is CC(C)C[C@H]1CC[C@H](CCC=O)[C@H](C)C1. The molecule has 0 spiro atoms. The molecule has 1 aliphatic rings. The molecule has 1 heteroatoms. The minimum atomic E-state index is 0.768. The lowest BCUT2D eigenvalue weighted by molar-refractivity contribution is -0.108. The maximum Gasteiger partial charge on any atom is 0.120 e. The first-order valence-electron chi connectivity index (χ1n) is 6.57. The van der Waals surface area contributed by atoms with Crippen LogP contribution in [0.25, 0.3) is 0 Å². The topological polar surface area (TPSA) is 17.1 Å². The Bertz CT molecular complexity index is 186. The third-order valence-electron chi connectivity index (χ3n) is 3.92. The van der Waals surface area contributed by atoms with Crippen LogP contribution in [0, 0.1) is 23.7 Å². The highest BCUT2D eigenvalue weighted by molar-refractivity contribution is 5.49. The molecule has 1 nitrogen and oxygen atoms in total. The second-order valence-electron chi connectivity index (χ2n) is 5.79. The Morgan fingerprint density at radius 3 is 2.60 bits per heavy atom. The summed E-state index contributed by atoms with van der Waals surface area (Å²) in [5, 5.41) is 0. The van der Waals surface area contributed by atoms with Gasteiger partial charge in [0.1, 0.15) is 6.29 Å². The van der Waals surface area contributed by atoms with Crippen LogP contribution < -0.4 is 0 Å². The minimum absolute atomic E-state index is 0.768. The summed E-state index contributed by atoms with van der Waals surface area (Å²) in [6.45, 7) is 7.02. The standard InChI is InChI=1S/C14H26O/c1-11(2)9-13-6-7-14(5-4-8-15)12(3)10-13/h8,11-14H,4-7,9-10H2,1-3H3/t12-,13-,14+/m1/s1. The molecule has 0 N–H and O–H groups in total. The van der Waals surface area contributed by atoms with Crippen molar-refractivity contribution in [2.75, 3.05) is 0 Å². The fourth-order valence-corrected chi connectivity index (χ4v) is 3.16. The van der Waals surface area contributed by atoms with Crippen molar-refractivity contribution in [3.8, 4) is 0 Å². The van der Waals surface area contributed by atoms with Gasteiger partial charge in [0.2, 0.25) is 0 Å². The van der Waals surface area contributed by atoms with Gasteiger partial charge in [0, 0.05) is 6.42 Å². The monoisotopic (exact) mass is 210 g/mol. The van der Waals surface area contributed by atoms with Crippen molar-refractivity contribution in [3.05, 3.63) is 0 Å². The number of hydrogen-bond donors (Lipinski definition) is 0. The van der Waals surface area contributed by atoms with Crippen molar-refractivity contribution in [1.29, 1.82) is 0 Å². The van der Waals surface area contributed by atoms with Gasteiger partial charge in [-0.3, -0.25) is 0 Å². The molecule has 3 atom stereocenters. The molecule has 1 saturated carbocycles. The van der Waals surface area contributed by atoms with Gasteiger partial charge in [-0.25, -0.2) is 0 Å². The molecule has 15 heavy (non-hydrogen) atoms. The van der Waals surface area contributed by atoms with E-state index in [1.54, 1.807) is 0 Å². The zero-order chi connectivity index (χ0) is 11.3. The molecule has 1 rings (SSSR count). The van der Waals surface area contributed by atoms with E-state index in [4.69, 9.17) is 0 Å². The lowest BCUT2D eigenvalue weighted by Gasteiger charge is -2.34. The van der Waals surface area contributed by atoms with Crippen LogP contribution in [-0.4, -0.2) is 6.29 Å². The Kier molecular flexibility index (Phi) is 5.35. The average molecular weight is 210 g/mol. The molecule has 0 amide bonds. The number of aldehydes is 1. The Morgan fingerprint density at radius 2 is 2.07 bits per heavy atom. The minimum Gasteiger partial charge on any atom is -0.303 e. The van der Waals surface area contributed by atoms with Gasteiger partial charge in [0.05, 0.1) is 0 Å². The Hall–Kier alpha value is -0.330. The second kappa shape index (κ2) is 6.30. The van der Waals surface area contributed by atoms with Gasteiger partial charge >= 0.3 is 0 Å². The molecule has 1 aliphatic carbocycles. The fourth-order valence-electron chi connectivity index (χ4n) is 3.16. The van der Waals surface area contributed by atoms with E-state index >= 15 is 0 Å². The van der Waals surface area contributed by atoms with Gasteiger partial charge in [-0.2, -0.15) is 0 Å². The smallest absolute Gasteiger partial charge is 0.120 e. The summed E-state index contributed by atoms with van der Waals surface area (Å²) in [5.74, 6) is 3.45. The Morgan fingerprint density at radius 1 is 1.33 bits per heavy atom. The Labute approximate surface area is 94.6 Å². The van der Waals surface area contributed by atoms with E-state index < -0.39 is 0 Å². The molecular weight excluding hydrogens is 184 g/mol. The largest absolute Gasteiger partial charge is 0.303 e. The normalized spacial score (nSPS) is 31.9. The van der Waals surface area contributed by atoms with Crippen LogP contribution in [0.4, 0.5) is 0 Å². The van der Waals surface area contributed by atoms with E-state index in [2.05, 4.69) is 20.8 Å². The molecule has 0 radical (unpaired) electrons. The van der Waals surface area contributed by atoms with E-state index in [-0.39, 0.29) is 0 Å². The number of carbonyl (C=O) groups excluding carboxylic acids is 1. The molecule has 0 saturated heterocycles. The summed E-state index contributed by atoms with van der Waals surface area (Å²) < 4.78 is 0. The van der Waals surface area contributed by atoms with Gasteiger partial charge in [-0.15, -0.1) is 0 Å². The molecule has 0 unspecified atom stereocenters. The summed E-state index contributed by atoms with van der Waals surface area (Å²) in [7, 11) is 0.